The summed E-state index contributed by atoms with van der Waals surface area (Å²) in [6, 6.07) is -0.713. The minimum absolute atomic E-state index is 0.00803. The van der Waals surface area contributed by atoms with E-state index in [4.69, 9.17) is 5.11 Å². The molecule has 0 bridgehead atoms. The molecule has 2 N–H and O–H groups in total. The Morgan fingerprint density at radius 3 is 2.67 bits per heavy atom. The van der Waals surface area contributed by atoms with Crippen LogP contribution in [0.15, 0.2) is 0 Å². The Morgan fingerprint density at radius 2 is 2.13 bits per heavy atom. The Morgan fingerprint density at radius 1 is 1.47 bits per heavy atom. The number of carbonyl (C=O) groups is 2. The summed E-state index contributed by atoms with van der Waals surface area (Å²) in [6.07, 6.45) is 1.10. The molecule has 1 fully saturated rings. The third kappa shape index (κ3) is 2.92. The number of aliphatic hydroxyl groups excluding tert-OH is 1. The van der Waals surface area contributed by atoms with E-state index in [0.717, 1.165) is 0 Å². The molecule has 1 rings (SSSR count). The summed E-state index contributed by atoms with van der Waals surface area (Å²) in [5.74, 6) is 0.208. The Labute approximate surface area is 89.4 Å². The van der Waals surface area contributed by atoms with Gasteiger partial charge in [0.25, 0.3) is 5.91 Å². The van der Waals surface area contributed by atoms with E-state index < -0.39 is 0 Å². The molecular weight excluding hydrogens is 196 g/mol. The van der Waals surface area contributed by atoms with E-state index in [0.29, 0.717) is 25.3 Å². The van der Waals surface area contributed by atoms with Gasteiger partial charge in [-0.05, 0) is 18.8 Å². The minimum Gasteiger partial charge on any atom is -0.396 e. The maximum atomic E-state index is 11.7. The van der Waals surface area contributed by atoms with Gasteiger partial charge < -0.3 is 10.4 Å². The largest absolute Gasteiger partial charge is 0.396 e. The van der Waals surface area contributed by atoms with Crippen LogP contribution < -0.4 is 5.32 Å². The number of carbonyl (C=O) groups excluding carboxylic acids is 2. The Hall–Kier alpha value is -1.10. The quantitative estimate of drug-likeness (QED) is 0.648. The number of urea groups is 1. The highest BCUT2D eigenvalue weighted by Crippen LogP contribution is 2.14. The normalized spacial score (nSPS) is 21.3. The molecule has 3 amide bonds. The molecule has 0 aliphatic carbocycles. The number of aliphatic hydroxyl groups is 1. The summed E-state index contributed by atoms with van der Waals surface area (Å²) in [6.45, 7) is 4.31. The van der Waals surface area contributed by atoms with Crippen molar-refractivity contribution in [3.63, 3.8) is 0 Å². The highest BCUT2D eigenvalue weighted by molar-refractivity contribution is 6.04. The topological polar surface area (TPSA) is 69.6 Å². The van der Waals surface area contributed by atoms with Crippen LogP contribution >= 0.6 is 0 Å². The second-order valence-electron chi connectivity index (χ2n) is 4.20. The summed E-state index contributed by atoms with van der Waals surface area (Å²) < 4.78 is 0. The van der Waals surface area contributed by atoms with Crippen molar-refractivity contribution in [2.24, 2.45) is 5.92 Å². The first-order chi connectivity index (χ1) is 7.06. The van der Waals surface area contributed by atoms with E-state index in [1.807, 2.05) is 13.8 Å². The molecule has 0 saturated carbocycles. The molecule has 86 valence electrons. The van der Waals surface area contributed by atoms with Crippen LogP contribution in [0.1, 0.15) is 26.7 Å². The SMILES string of the molecule is CC(C)CC1NC(=O)N(CCCO)C1=O. The molecule has 1 aliphatic rings. The zero-order chi connectivity index (χ0) is 11.4. The van der Waals surface area contributed by atoms with E-state index in [-0.39, 0.29) is 24.6 Å². The zero-order valence-corrected chi connectivity index (χ0v) is 9.19. The highest BCUT2D eigenvalue weighted by atomic mass is 16.3. The predicted molar refractivity (Wildman–Crippen MR) is 55.2 cm³/mol. The van der Waals surface area contributed by atoms with Gasteiger partial charge in [-0.3, -0.25) is 9.69 Å². The number of hydrogen-bond donors (Lipinski definition) is 2. The molecule has 0 aromatic heterocycles. The van der Waals surface area contributed by atoms with Crippen molar-refractivity contribution in [3.05, 3.63) is 0 Å². The van der Waals surface area contributed by atoms with Gasteiger partial charge in [0.1, 0.15) is 6.04 Å². The second kappa shape index (κ2) is 5.11. The van der Waals surface area contributed by atoms with Crippen LogP contribution in [0.5, 0.6) is 0 Å². The molecule has 5 nitrogen and oxygen atoms in total. The van der Waals surface area contributed by atoms with Crippen molar-refractivity contribution in [2.45, 2.75) is 32.7 Å². The summed E-state index contributed by atoms with van der Waals surface area (Å²) in [7, 11) is 0. The number of nitrogens with zero attached hydrogens (tertiary/aromatic N) is 1. The molecule has 0 radical (unpaired) electrons. The standard InChI is InChI=1S/C10H18N2O3/c1-7(2)6-8-9(14)12(4-3-5-13)10(15)11-8/h7-8,13H,3-6H2,1-2H3,(H,11,15). The van der Waals surface area contributed by atoms with Gasteiger partial charge in [0.15, 0.2) is 0 Å². The number of nitrogens with one attached hydrogen (secondary N) is 1. The fraction of sp³-hybridized carbons (Fsp3) is 0.800. The molecule has 1 heterocycles. The first-order valence-electron chi connectivity index (χ1n) is 5.29. The number of imide groups is 1. The van der Waals surface area contributed by atoms with E-state index >= 15 is 0 Å². The van der Waals surface area contributed by atoms with Crippen LogP contribution in [0.3, 0.4) is 0 Å². The van der Waals surface area contributed by atoms with E-state index in [1.165, 1.54) is 4.90 Å². The monoisotopic (exact) mass is 214 g/mol. The van der Waals surface area contributed by atoms with Crippen LogP contribution in [0.25, 0.3) is 0 Å². The lowest BCUT2D eigenvalue weighted by atomic mass is 10.0. The average Bonchev–Trinajstić information content (AvgIpc) is 2.39. The first kappa shape index (κ1) is 12.0. The third-order valence-corrected chi connectivity index (χ3v) is 2.35. The van der Waals surface area contributed by atoms with Crippen molar-refractivity contribution in [1.29, 1.82) is 0 Å². The van der Waals surface area contributed by atoms with Crippen molar-refractivity contribution < 1.29 is 14.7 Å². The van der Waals surface area contributed by atoms with Gasteiger partial charge in [-0.25, -0.2) is 4.79 Å². The molecule has 0 spiro atoms. The van der Waals surface area contributed by atoms with Crippen molar-refractivity contribution in [3.8, 4) is 0 Å². The minimum atomic E-state index is -0.379. The van der Waals surface area contributed by atoms with Crippen LogP contribution in [-0.4, -0.2) is 41.1 Å². The summed E-state index contributed by atoms with van der Waals surface area (Å²) >= 11 is 0. The maximum absolute atomic E-state index is 11.7. The van der Waals surface area contributed by atoms with Gasteiger partial charge in [-0.1, -0.05) is 13.8 Å². The molecule has 0 aromatic carbocycles. The number of amides is 3. The van der Waals surface area contributed by atoms with Gasteiger partial charge in [0, 0.05) is 13.2 Å². The lowest BCUT2D eigenvalue weighted by molar-refractivity contribution is -0.127. The predicted octanol–water partition coefficient (Wildman–Crippen LogP) is 0.335. The third-order valence-electron chi connectivity index (χ3n) is 2.35. The molecular formula is C10H18N2O3. The first-order valence-corrected chi connectivity index (χ1v) is 5.29. The average molecular weight is 214 g/mol. The molecule has 1 atom stereocenters. The summed E-state index contributed by atoms with van der Waals surface area (Å²) in [4.78, 5) is 24.3. The van der Waals surface area contributed by atoms with Crippen molar-refractivity contribution in [1.82, 2.24) is 10.2 Å². The lowest BCUT2D eigenvalue weighted by Crippen LogP contribution is -2.33. The molecule has 15 heavy (non-hydrogen) atoms. The second-order valence-corrected chi connectivity index (χ2v) is 4.20. The van der Waals surface area contributed by atoms with E-state index in [1.54, 1.807) is 0 Å². The lowest BCUT2D eigenvalue weighted by Gasteiger charge is -2.12. The molecule has 5 heteroatoms. The fourth-order valence-corrected chi connectivity index (χ4v) is 1.65. The summed E-state index contributed by atoms with van der Waals surface area (Å²) in [5.41, 5.74) is 0. The van der Waals surface area contributed by atoms with E-state index in [2.05, 4.69) is 5.32 Å². The zero-order valence-electron chi connectivity index (χ0n) is 9.19. The Balaban J connectivity index is 2.54. The van der Waals surface area contributed by atoms with Gasteiger partial charge in [-0.15, -0.1) is 0 Å². The van der Waals surface area contributed by atoms with Crippen LogP contribution in [0.4, 0.5) is 4.79 Å². The van der Waals surface area contributed by atoms with Crippen molar-refractivity contribution in [2.75, 3.05) is 13.2 Å². The van der Waals surface area contributed by atoms with E-state index in [9.17, 15) is 9.59 Å². The van der Waals surface area contributed by atoms with Crippen LogP contribution in [-0.2, 0) is 4.79 Å². The molecule has 1 saturated heterocycles. The smallest absolute Gasteiger partial charge is 0.324 e. The Bertz CT molecular complexity index is 253. The number of rotatable bonds is 5. The van der Waals surface area contributed by atoms with Gasteiger partial charge in [0.2, 0.25) is 0 Å². The molecule has 1 unspecified atom stereocenters. The molecule has 0 aromatic rings. The maximum Gasteiger partial charge on any atom is 0.324 e. The van der Waals surface area contributed by atoms with Gasteiger partial charge in [0.05, 0.1) is 0 Å². The number of hydrogen-bond acceptors (Lipinski definition) is 3. The van der Waals surface area contributed by atoms with Crippen LogP contribution in [0.2, 0.25) is 0 Å². The summed E-state index contributed by atoms with van der Waals surface area (Å²) in [5, 5.41) is 11.3. The Kier molecular flexibility index (Phi) is 4.08. The van der Waals surface area contributed by atoms with Gasteiger partial charge >= 0.3 is 6.03 Å². The van der Waals surface area contributed by atoms with Crippen molar-refractivity contribution >= 4 is 11.9 Å². The highest BCUT2D eigenvalue weighted by Gasteiger charge is 2.37. The fourth-order valence-electron chi connectivity index (χ4n) is 1.65. The van der Waals surface area contributed by atoms with Gasteiger partial charge in [-0.2, -0.15) is 0 Å². The molecule has 1 aliphatic heterocycles. The van der Waals surface area contributed by atoms with Crippen LogP contribution in [0, 0.1) is 5.92 Å².